The minimum Gasteiger partial charge on any atom is -0.0622 e. The van der Waals surface area contributed by atoms with Crippen molar-refractivity contribution < 1.29 is 0 Å². The Balaban J connectivity index is 1.82. The summed E-state index contributed by atoms with van der Waals surface area (Å²) < 4.78 is 0. The zero-order valence-electron chi connectivity index (χ0n) is 20.8. The first-order chi connectivity index (χ1) is 17.8. The van der Waals surface area contributed by atoms with Gasteiger partial charge in [0.05, 0.1) is 0 Å². The molecule has 0 aliphatic carbocycles. The lowest BCUT2D eigenvalue weighted by Crippen LogP contribution is -1.98. The van der Waals surface area contributed by atoms with E-state index >= 15 is 0 Å². The third kappa shape index (κ3) is 3.74. The fourth-order valence-electron chi connectivity index (χ4n) is 5.49. The van der Waals surface area contributed by atoms with E-state index in [4.69, 9.17) is 0 Å². The molecule has 0 unspecified atom stereocenters. The summed E-state index contributed by atoms with van der Waals surface area (Å²) in [5.74, 6) is 7.05. The van der Waals surface area contributed by atoms with Crippen LogP contribution in [0.1, 0.15) is 36.1 Å². The van der Waals surface area contributed by atoms with Crippen molar-refractivity contribution >= 4 is 32.3 Å². The normalized spacial score (nSPS) is 11.1. The average Bonchev–Trinajstić information content (AvgIpc) is 2.94. The maximum Gasteiger partial charge on any atom is 0.0406 e. The first-order valence-corrected chi connectivity index (χ1v) is 12.8. The van der Waals surface area contributed by atoms with Crippen LogP contribution in [0.2, 0.25) is 0 Å². The molecule has 0 fully saturated rings. The first-order valence-electron chi connectivity index (χ1n) is 12.8. The zero-order chi connectivity index (χ0) is 24.5. The molecule has 0 amide bonds. The standard InChI is InChI=1S/C36H28/c1-3-26-17-12-18-27(4-2)35(26)36-32-20-11-10-19-30(32)31(22-21-25-13-6-5-7-14-25)33-23-28-15-8-9-16-29(28)24-34(33)36/h5-20,23-24H,3-4H2,1-2H3. The Bertz CT molecular complexity index is 1770. The highest BCUT2D eigenvalue weighted by atomic mass is 14.2. The van der Waals surface area contributed by atoms with Crippen molar-refractivity contribution in [2.45, 2.75) is 26.7 Å². The van der Waals surface area contributed by atoms with Gasteiger partial charge in [-0.3, -0.25) is 0 Å². The topological polar surface area (TPSA) is 0 Å². The number of rotatable bonds is 3. The van der Waals surface area contributed by atoms with Crippen molar-refractivity contribution in [3.8, 4) is 23.0 Å². The molecule has 0 saturated carbocycles. The van der Waals surface area contributed by atoms with Crippen LogP contribution in [-0.4, -0.2) is 0 Å². The molecule has 0 aromatic heterocycles. The number of aryl methyl sites for hydroxylation is 2. The zero-order valence-corrected chi connectivity index (χ0v) is 20.8. The van der Waals surface area contributed by atoms with Gasteiger partial charge in [0.25, 0.3) is 0 Å². The van der Waals surface area contributed by atoms with Gasteiger partial charge in [0, 0.05) is 11.1 Å². The predicted octanol–water partition coefficient (Wildman–Crippen LogP) is 9.34. The molecule has 0 aliphatic heterocycles. The van der Waals surface area contributed by atoms with Crippen LogP contribution >= 0.6 is 0 Å². The molecular weight excluding hydrogens is 432 g/mol. The SMILES string of the molecule is CCc1cccc(CC)c1-c1c2ccccc2c(C#Cc2ccccc2)c2cc3ccccc3cc12. The van der Waals surface area contributed by atoms with Crippen molar-refractivity contribution in [2.24, 2.45) is 0 Å². The molecular formula is C36H28. The van der Waals surface area contributed by atoms with Crippen LogP contribution in [-0.2, 0) is 12.8 Å². The van der Waals surface area contributed by atoms with Gasteiger partial charge in [-0.2, -0.15) is 0 Å². The Morgan fingerprint density at radius 1 is 0.472 bits per heavy atom. The van der Waals surface area contributed by atoms with Crippen LogP contribution < -0.4 is 0 Å². The molecule has 6 aromatic rings. The van der Waals surface area contributed by atoms with Crippen LogP contribution in [0.4, 0.5) is 0 Å². The van der Waals surface area contributed by atoms with Crippen LogP contribution in [0.25, 0.3) is 43.4 Å². The number of hydrogen-bond acceptors (Lipinski definition) is 0. The Hall–Kier alpha value is -4.34. The number of hydrogen-bond donors (Lipinski definition) is 0. The highest BCUT2D eigenvalue weighted by Crippen LogP contribution is 2.43. The van der Waals surface area contributed by atoms with E-state index in [1.807, 2.05) is 18.2 Å². The molecule has 0 spiro atoms. The van der Waals surface area contributed by atoms with Gasteiger partial charge in [-0.25, -0.2) is 0 Å². The lowest BCUT2D eigenvalue weighted by molar-refractivity contribution is 1.09. The van der Waals surface area contributed by atoms with Gasteiger partial charge in [0.15, 0.2) is 0 Å². The van der Waals surface area contributed by atoms with E-state index in [1.165, 1.54) is 54.6 Å². The largest absolute Gasteiger partial charge is 0.0622 e. The summed E-state index contributed by atoms with van der Waals surface area (Å²) in [5.41, 5.74) is 7.66. The summed E-state index contributed by atoms with van der Waals surface area (Å²) in [4.78, 5) is 0. The summed E-state index contributed by atoms with van der Waals surface area (Å²) in [5, 5.41) is 7.49. The summed E-state index contributed by atoms with van der Waals surface area (Å²) in [6, 6.07) is 39.3. The molecule has 0 heterocycles. The van der Waals surface area contributed by atoms with E-state index in [2.05, 4.69) is 117 Å². The summed E-state index contributed by atoms with van der Waals surface area (Å²) >= 11 is 0. The number of fused-ring (bicyclic) bond motifs is 3. The Morgan fingerprint density at radius 2 is 1.06 bits per heavy atom. The minimum absolute atomic E-state index is 1.00. The van der Waals surface area contributed by atoms with Crippen molar-refractivity contribution in [1.82, 2.24) is 0 Å². The Morgan fingerprint density at radius 3 is 1.72 bits per heavy atom. The Labute approximate surface area is 213 Å². The maximum atomic E-state index is 3.60. The molecule has 0 radical (unpaired) electrons. The maximum absolute atomic E-state index is 3.60. The van der Waals surface area contributed by atoms with Gasteiger partial charge >= 0.3 is 0 Å². The molecule has 0 nitrogen and oxygen atoms in total. The van der Waals surface area contributed by atoms with E-state index in [0.717, 1.165) is 24.0 Å². The van der Waals surface area contributed by atoms with Crippen LogP contribution in [0.15, 0.2) is 109 Å². The van der Waals surface area contributed by atoms with E-state index in [1.54, 1.807) is 0 Å². The van der Waals surface area contributed by atoms with Crippen molar-refractivity contribution in [2.75, 3.05) is 0 Å². The molecule has 0 bridgehead atoms. The van der Waals surface area contributed by atoms with Gasteiger partial charge in [0.1, 0.15) is 0 Å². The lowest BCUT2D eigenvalue weighted by atomic mass is 9.83. The fraction of sp³-hybridized carbons (Fsp3) is 0.111. The minimum atomic E-state index is 1.00. The molecule has 6 aromatic carbocycles. The van der Waals surface area contributed by atoms with Gasteiger partial charge in [-0.15, -0.1) is 0 Å². The molecule has 0 N–H and O–H groups in total. The molecule has 0 aliphatic rings. The van der Waals surface area contributed by atoms with Crippen LogP contribution in [0, 0.1) is 11.8 Å². The van der Waals surface area contributed by atoms with E-state index < -0.39 is 0 Å². The lowest BCUT2D eigenvalue weighted by Gasteiger charge is -2.20. The highest BCUT2D eigenvalue weighted by Gasteiger charge is 2.19. The summed E-state index contributed by atoms with van der Waals surface area (Å²) in [7, 11) is 0. The number of benzene rings is 6. The van der Waals surface area contributed by atoms with E-state index in [-0.39, 0.29) is 0 Å². The first kappa shape index (κ1) is 22.1. The molecule has 0 atom stereocenters. The molecule has 6 rings (SSSR count). The smallest absolute Gasteiger partial charge is 0.0406 e. The van der Waals surface area contributed by atoms with Crippen LogP contribution in [0.5, 0.6) is 0 Å². The molecule has 36 heavy (non-hydrogen) atoms. The summed E-state index contributed by atoms with van der Waals surface area (Å²) in [6.45, 7) is 4.52. The van der Waals surface area contributed by atoms with Crippen LogP contribution in [0.3, 0.4) is 0 Å². The molecule has 172 valence electrons. The van der Waals surface area contributed by atoms with E-state index in [9.17, 15) is 0 Å². The highest BCUT2D eigenvalue weighted by molar-refractivity contribution is 6.19. The third-order valence-corrected chi connectivity index (χ3v) is 7.24. The predicted molar refractivity (Wildman–Crippen MR) is 156 cm³/mol. The van der Waals surface area contributed by atoms with Crippen molar-refractivity contribution in [3.63, 3.8) is 0 Å². The quantitative estimate of drug-likeness (QED) is 0.182. The second-order valence-electron chi connectivity index (χ2n) is 9.31. The second kappa shape index (κ2) is 9.37. The summed E-state index contributed by atoms with van der Waals surface area (Å²) in [6.07, 6.45) is 2.00. The van der Waals surface area contributed by atoms with Gasteiger partial charge in [0.2, 0.25) is 0 Å². The van der Waals surface area contributed by atoms with Gasteiger partial charge in [-0.1, -0.05) is 111 Å². The van der Waals surface area contributed by atoms with Crippen molar-refractivity contribution in [1.29, 1.82) is 0 Å². The second-order valence-corrected chi connectivity index (χ2v) is 9.31. The van der Waals surface area contributed by atoms with Gasteiger partial charge < -0.3 is 0 Å². The van der Waals surface area contributed by atoms with Crippen molar-refractivity contribution in [3.05, 3.63) is 131 Å². The van der Waals surface area contributed by atoms with Gasteiger partial charge in [-0.05, 0) is 91.7 Å². The third-order valence-electron chi connectivity index (χ3n) is 7.24. The van der Waals surface area contributed by atoms with E-state index in [0.29, 0.717) is 0 Å². The molecule has 0 heteroatoms. The monoisotopic (exact) mass is 460 g/mol. The Kier molecular flexibility index (Phi) is 5.76. The average molecular weight is 461 g/mol. The molecule has 0 saturated heterocycles. The fourth-order valence-corrected chi connectivity index (χ4v) is 5.49.